The monoisotopic (exact) mass is 260 g/mol. The molecule has 0 saturated carbocycles. The van der Waals surface area contributed by atoms with Gasteiger partial charge in [-0.25, -0.2) is 9.78 Å². The Bertz CT molecular complexity index is 316. The fourth-order valence-electron chi connectivity index (χ4n) is 0.722. The topological polar surface area (TPSA) is 65.2 Å². The van der Waals surface area contributed by atoms with Gasteiger partial charge in [0, 0.05) is 10.7 Å². The maximum Gasteiger partial charge on any atom is 0.358 e. The lowest BCUT2D eigenvalue weighted by atomic mass is 10.3. The van der Waals surface area contributed by atoms with Gasteiger partial charge in [0.25, 0.3) is 0 Å². The van der Waals surface area contributed by atoms with E-state index in [4.69, 9.17) is 5.73 Å². The zero-order valence-corrected chi connectivity index (χ0v) is 9.96. The van der Waals surface area contributed by atoms with Crippen molar-refractivity contribution >= 4 is 27.6 Å². The molecule has 0 spiro atoms. The first-order chi connectivity index (χ1) is 6.65. The molecular weight excluding hydrogens is 248 g/mol. The Morgan fingerprint density at radius 1 is 1.57 bits per heavy atom. The molecule has 78 valence electrons. The summed E-state index contributed by atoms with van der Waals surface area (Å²) in [4.78, 5) is 14.8. The van der Waals surface area contributed by atoms with E-state index < -0.39 is 5.97 Å². The van der Waals surface area contributed by atoms with Gasteiger partial charge < -0.3 is 10.5 Å². The van der Waals surface area contributed by atoms with Crippen molar-refractivity contribution in [3.63, 3.8) is 0 Å². The van der Waals surface area contributed by atoms with Crippen molar-refractivity contribution in [2.24, 2.45) is 0 Å². The van der Waals surface area contributed by atoms with Gasteiger partial charge in [-0.1, -0.05) is 13.8 Å². The van der Waals surface area contributed by atoms with E-state index >= 15 is 0 Å². The molecule has 1 rings (SSSR count). The van der Waals surface area contributed by atoms with Crippen molar-refractivity contribution in [3.8, 4) is 0 Å². The van der Waals surface area contributed by atoms with Crippen molar-refractivity contribution in [2.45, 2.75) is 13.8 Å². The lowest BCUT2D eigenvalue weighted by Gasteiger charge is -2.01. The molecule has 0 bridgehead atoms. The van der Waals surface area contributed by atoms with Crippen LogP contribution >= 0.6 is 15.9 Å². The van der Waals surface area contributed by atoms with Crippen LogP contribution in [0.1, 0.15) is 24.3 Å². The van der Waals surface area contributed by atoms with Crippen LogP contribution in [0.15, 0.2) is 16.7 Å². The predicted molar refractivity (Wildman–Crippen MR) is 59.0 cm³/mol. The van der Waals surface area contributed by atoms with Gasteiger partial charge in [0.1, 0.15) is 0 Å². The van der Waals surface area contributed by atoms with Crippen molar-refractivity contribution in [1.29, 1.82) is 0 Å². The summed E-state index contributed by atoms with van der Waals surface area (Å²) in [5.74, 6) is -0.528. The molecule has 0 aliphatic rings. The van der Waals surface area contributed by atoms with E-state index in [-0.39, 0.29) is 5.69 Å². The number of carbonyl (C=O) groups is 1. The smallest absolute Gasteiger partial charge is 0.358 e. The summed E-state index contributed by atoms with van der Waals surface area (Å²) in [6, 6.07) is 1.60. The minimum Gasteiger partial charge on any atom is -0.464 e. The van der Waals surface area contributed by atoms with Crippen LogP contribution in [0.4, 0.5) is 5.69 Å². The Kier molecular flexibility index (Phi) is 5.87. The number of methoxy groups -OCH3 is 1. The minimum atomic E-state index is -0.528. The summed E-state index contributed by atoms with van der Waals surface area (Å²) >= 11 is 3.17. The van der Waals surface area contributed by atoms with E-state index in [1.165, 1.54) is 13.3 Å². The largest absolute Gasteiger partial charge is 0.464 e. The van der Waals surface area contributed by atoms with E-state index in [0.29, 0.717) is 5.69 Å². The Hall–Kier alpha value is -1.10. The number of esters is 1. The van der Waals surface area contributed by atoms with Crippen LogP contribution in [-0.4, -0.2) is 18.1 Å². The van der Waals surface area contributed by atoms with Gasteiger partial charge in [-0.3, -0.25) is 0 Å². The molecule has 0 atom stereocenters. The average molecular weight is 261 g/mol. The number of anilines is 1. The van der Waals surface area contributed by atoms with E-state index in [2.05, 4.69) is 25.7 Å². The summed E-state index contributed by atoms with van der Waals surface area (Å²) in [5, 5.41) is 0. The maximum absolute atomic E-state index is 11.0. The maximum atomic E-state index is 11.0. The number of nitrogens with two attached hydrogens (primary N) is 1. The van der Waals surface area contributed by atoms with Crippen molar-refractivity contribution in [2.75, 3.05) is 12.8 Å². The molecule has 0 amide bonds. The minimum absolute atomic E-state index is 0.140. The Labute approximate surface area is 91.6 Å². The second kappa shape index (κ2) is 6.37. The van der Waals surface area contributed by atoms with Crippen LogP contribution in [0.5, 0.6) is 0 Å². The number of hydrogen-bond acceptors (Lipinski definition) is 4. The molecule has 0 radical (unpaired) electrons. The summed E-state index contributed by atoms with van der Waals surface area (Å²) < 4.78 is 5.19. The third kappa shape index (κ3) is 3.33. The summed E-state index contributed by atoms with van der Waals surface area (Å²) in [7, 11) is 1.28. The molecule has 14 heavy (non-hydrogen) atoms. The molecule has 0 fully saturated rings. The predicted octanol–water partition coefficient (Wildman–Crippen LogP) is 2.24. The van der Waals surface area contributed by atoms with Gasteiger partial charge in [-0.2, -0.15) is 0 Å². The lowest BCUT2D eigenvalue weighted by Crippen LogP contribution is -2.07. The number of ether oxygens (including phenoxy) is 1. The van der Waals surface area contributed by atoms with Crippen LogP contribution in [0.2, 0.25) is 0 Å². The van der Waals surface area contributed by atoms with E-state index in [1.807, 2.05) is 13.8 Å². The molecule has 1 heterocycles. The second-order valence-electron chi connectivity index (χ2n) is 2.08. The van der Waals surface area contributed by atoms with Crippen molar-refractivity contribution < 1.29 is 9.53 Å². The number of carbonyl (C=O) groups excluding carboxylic acids is 1. The molecule has 1 aromatic heterocycles. The summed E-state index contributed by atoms with van der Waals surface area (Å²) in [6.07, 6.45) is 1.49. The van der Waals surface area contributed by atoms with Gasteiger partial charge in [0.05, 0.1) is 12.8 Å². The zero-order valence-electron chi connectivity index (χ0n) is 8.37. The average Bonchev–Trinajstić information content (AvgIpc) is 2.20. The van der Waals surface area contributed by atoms with E-state index in [0.717, 1.165) is 4.47 Å². The Balaban J connectivity index is 0.000000791. The molecule has 0 unspecified atom stereocenters. The highest BCUT2D eigenvalue weighted by Crippen LogP contribution is 2.15. The van der Waals surface area contributed by atoms with Gasteiger partial charge in [0.2, 0.25) is 0 Å². The SMILES string of the molecule is CC.COC(=O)c1ncc(Br)cc1N. The number of rotatable bonds is 1. The molecule has 1 aromatic rings. The van der Waals surface area contributed by atoms with Gasteiger partial charge in [-0.15, -0.1) is 0 Å². The van der Waals surface area contributed by atoms with Crippen LogP contribution in [-0.2, 0) is 4.74 Å². The molecule has 2 N–H and O–H groups in total. The molecular formula is C9H13BrN2O2. The van der Waals surface area contributed by atoms with Crippen LogP contribution < -0.4 is 5.73 Å². The molecule has 4 nitrogen and oxygen atoms in total. The lowest BCUT2D eigenvalue weighted by molar-refractivity contribution is 0.0595. The van der Waals surface area contributed by atoms with Gasteiger partial charge in [0.15, 0.2) is 5.69 Å². The highest BCUT2D eigenvalue weighted by molar-refractivity contribution is 9.10. The molecule has 5 heteroatoms. The third-order valence-corrected chi connectivity index (χ3v) is 1.70. The standard InChI is InChI=1S/C7H7BrN2O2.C2H6/c1-12-7(11)6-5(9)2-4(8)3-10-6;1-2/h2-3H,9H2,1H3;1-2H3. The quantitative estimate of drug-likeness (QED) is 0.787. The summed E-state index contributed by atoms with van der Waals surface area (Å²) in [5.41, 5.74) is 5.95. The second-order valence-corrected chi connectivity index (χ2v) is 3.00. The first kappa shape index (κ1) is 12.9. The highest BCUT2D eigenvalue weighted by Gasteiger charge is 2.10. The van der Waals surface area contributed by atoms with E-state index in [1.54, 1.807) is 6.07 Å². The Morgan fingerprint density at radius 2 is 2.14 bits per heavy atom. The highest BCUT2D eigenvalue weighted by atomic mass is 79.9. The number of aromatic nitrogens is 1. The van der Waals surface area contributed by atoms with Crippen LogP contribution in [0.25, 0.3) is 0 Å². The number of halogens is 1. The fourth-order valence-corrected chi connectivity index (χ4v) is 1.07. The molecule has 0 saturated heterocycles. The normalized spacial score (nSPS) is 8.57. The molecule has 0 aromatic carbocycles. The third-order valence-electron chi connectivity index (χ3n) is 1.26. The zero-order chi connectivity index (χ0) is 11.1. The summed E-state index contributed by atoms with van der Waals surface area (Å²) in [6.45, 7) is 4.00. The van der Waals surface area contributed by atoms with Gasteiger partial charge >= 0.3 is 5.97 Å². The van der Waals surface area contributed by atoms with E-state index in [9.17, 15) is 4.79 Å². The first-order valence-corrected chi connectivity index (χ1v) is 4.93. The fraction of sp³-hybridized carbons (Fsp3) is 0.333. The number of pyridine rings is 1. The Morgan fingerprint density at radius 3 is 2.57 bits per heavy atom. The number of hydrogen-bond donors (Lipinski definition) is 1. The van der Waals surface area contributed by atoms with Crippen LogP contribution in [0, 0.1) is 0 Å². The van der Waals surface area contributed by atoms with Gasteiger partial charge in [-0.05, 0) is 22.0 Å². The number of nitrogen functional groups attached to an aromatic ring is 1. The van der Waals surface area contributed by atoms with Crippen molar-refractivity contribution in [3.05, 3.63) is 22.4 Å². The van der Waals surface area contributed by atoms with Crippen molar-refractivity contribution in [1.82, 2.24) is 4.98 Å². The molecule has 0 aliphatic heterocycles. The number of nitrogens with zero attached hydrogens (tertiary/aromatic N) is 1. The first-order valence-electron chi connectivity index (χ1n) is 4.14. The van der Waals surface area contributed by atoms with Crippen LogP contribution in [0.3, 0.4) is 0 Å². The molecule has 0 aliphatic carbocycles.